The van der Waals surface area contributed by atoms with Crippen LogP contribution in [-0.2, 0) is 9.53 Å². The van der Waals surface area contributed by atoms with Crippen molar-refractivity contribution in [2.45, 2.75) is 13.8 Å². The van der Waals surface area contributed by atoms with E-state index in [1.54, 1.807) is 0 Å². The van der Waals surface area contributed by atoms with E-state index in [9.17, 15) is 4.79 Å². The Bertz CT molecular complexity index is 727. The second-order valence-corrected chi connectivity index (χ2v) is 6.19. The largest absolute Gasteiger partial charge is 0.465 e. The predicted molar refractivity (Wildman–Crippen MR) is 97.5 cm³/mol. The summed E-state index contributed by atoms with van der Waals surface area (Å²) >= 11 is 0. The topological polar surface area (TPSA) is 58.6 Å². The molecule has 0 unspecified atom stereocenters. The number of carbonyl (C=O) groups excluding carboxylic acids is 1. The Kier molecular flexibility index (Phi) is 5.60. The molecule has 132 valence electrons. The summed E-state index contributed by atoms with van der Waals surface area (Å²) < 4.78 is 5.02. The van der Waals surface area contributed by atoms with E-state index in [1.165, 1.54) is 11.1 Å². The highest BCUT2D eigenvalue weighted by Crippen LogP contribution is 2.25. The molecule has 0 bridgehead atoms. The van der Waals surface area contributed by atoms with Gasteiger partial charge in [0, 0.05) is 31.7 Å². The number of hydrogen-bond acceptors (Lipinski definition) is 6. The van der Waals surface area contributed by atoms with Crippen molar-refractivity contribution in [1.82, 2.24) is 15.1 Å². The van der Waals surface area contributed by atoms with Crippen LogP contribution < -0.4 is 4.90 Å². The van der Waals surface area contributed by atoms with Crippen molar-refractivity contribution >= 4 is 11.8 Å². The van der Waals surface area contributed by atoms with E-state index in [0.717, 1.165) is 37.6 Å². The van der Waals surface area contributed by atoms with Gasteiger partial charge in [-0.3, -0.25) is 9.69 Å². The Morgan fingerprint density at radius 2 is 1.96 bits per heavy atom. The standard InChI is InChI=1S/C19H24N4O2/c1-3-25-19(24)14-22-8-10-23(11-9-22)18-12-16(13-20-21-18)17-7-5-4-6-15(17)2/h4-7,12-13H,3,8-11,14H2,1-2H3. The van der Waals surface area contributed by atoms with Gasteiger partial charge in [-0.2, -0.15) is 5.10 Å². The van der Waals surface area contributed by atoms with Crippen LogP contribution >= 0.6 is 0 Å². The van der Waals surface area contributed by atoms with E-state index >= 15 is 0 Å². The van der Waals surface area contributed by atoms with Crippen LogP contribution in [0.4, 0.5) is 5.82 Å². The average Bonchev–Trinajstić information content (AvgIpc) is 2.63. The van der Waals surface area contributed by atoms with Crippen LogP contribution in [-0.4, -0.2) is 60.4 Å². The van der Waals surface area contributed by atoms with E-state index in [0.29, 0.717) is 13.2 Å². The lowest BCUT2D eigenvalue weighted by Gasteiger charge is -2.34. The molecule has 6 heteroatoms. The molecule has 0 amide bonds. The molecule has 1 aliphatic heterocycles. The van der Waals surface area contributed by atoms with Crippen LogP contribution in [0.2, 0.25) is 0 Å². The summed E-state index contributed by atoms with van der Waals surface area (Å²) in [6.45, 7) is 8.00. The lowest BCUT2D eigenvalue weighted by molar-refractivity contribution is -0.144. The van der Waals surface area contributed by atoms with Crippen LogP contribution in [0.25, 0.3) is 11.1 Å². The lowest BCUT2D eigenvalue weighted by Crippen LogP contribution is -2.48. The van der Waals surface area contributed by atoms with Crippen molar-refractivity contribution in [2.24, 2.45) is 0 Å². The second-order valence-electron chi connectivity index (χ2n) is 6.19. The molecule has 3 rings (SSSR count). The summed E-state index contributed by atoms with van der Waals surface area (Å²) in [7, 11) is 0. The summed E-state index contributed by atoms with van der Waals surface area (Å²) in [6, 6.07) is 10.4. The summed E-state index contributed by atoms with van der Waals surface area (Å²) in [6.07, 6.45) is 1.81. The molecule has 1 saturated heterocycles. The highest BCUT2D eigenvalue weighted by molar-refractivity contribution is 5.71. The molecular weight excluding hydrogens is 316 g/mol. The third-order valence-electron chi connectivity index (χ3n) is 4.45. The first kappa shape index (κ1) is 17.4. The maximum atomic E-state index is 11.6. The first-order valence-electron chi connectivity index (χ1n) is 8.69. The lowest BCUT2D eigenvalue weighted by atomic mass is 10.0. The predicted octanol–water partition coefficient (Wildman–Crippen LogP) is 2.14. The molecular formula is C19H24N4O2. The first-order chi connectivity index (χ1) is 12.2. The average molecular weight is 340 g/mol. The van der Waals surface area contributed by atoms with E-state index < -0.39 is 0 Å². The number of rotatable bonds is 5. The molecule has 2 aromatic rings. The molecule has 0 radical (unpaired) electrons. The minimum absolute atomic E-state index is 0.155. The van der Waals surface area contributed by atoms with Gasteiger partial charge in [0.05, 0.1) is 19.3 Å². The zero-order chi connectivity index (χ0) is 17.6. The monoisotopic (exact) mass is 340 g/mol. The Morgan fingerprint density at radius 1 is 1.20 bits per heavy atom. The molecule has 2 heterocycles. The van der Waals surface area contributed by atoms with Crippen molar-refractivity contribution in [2.75, 3.05) is 44.2 Å². The first-order valence-corrected chi connectivity index (χ1v) is 8.69. The number of esters is 1. The Morgan fingerprint density at radius 3 is 2.68 bits per heavy atom. The van der Waals surface area contributed by atoms with Crippen molar-refractivity contribution < 1.29 is 9.53 Å². The molecule has 6 nitrogen and oxygen atoms in total. The van der Waals surface area contributed by atoms with Crippen molar-refractivity contribution in [1.29, 1.82) is 0 Å². The maximum absolute atomic E-state index is 11.6. The molecule has 0 saturated carbocycles. The van der Waals surface area contributed by atoms with Gasteiger partial charge < -0.3 is 9.64 Å². The van der Waals surface area contributed by atoms with Gasteiger partial charge in [-0.1, -0.05) is 24.3 Å². The molecule has 1 aromatic carbocycles. The molecule has 0 aliphatic carbocycles. The fourth-order valence-electron chi connectivity index (χ4n) is 3.08. The maximum Gasteiger partial charge on any atom is 0.320 e. The van der Waals surface area contributed by atoms with E-state index in [4.69, 9.17) is 4.74 Å². The van der Waals surface area contributed by atoms with Gasteiger partial charge >= 0.3 is 5.97 Å². The molecule has 0 spiro atoms. The van der Waals surface area contributed by atoms with Gasteiger partial charge in [-0.25, -0.2) is 0 Å². The van der Waals surface area contributed by atoms with Crippen molar-refractivity contribution in [3.8, 4) is 11.1 Å². The fourth-order valence-corrected chi connectivity index (χ4v) is 3.08. The van der Waals surface area contributed by atoms with Gasteiger partial charge in [-0.05, 0) is 31.0 Å². The van der Waals surface area contributed by atoms with Gasteiger partial charge in [0.15, 0.2) is 5.82 Å². The Labute approximate surface area is 148 Å². The molecule has 0 atom stereocenters. The van der Waals surface area contributed by atoms with Gasteiger partial charge in [0.2, 0.25) is 0 Å². The number of anilines is 1. The molecule has 1 aromatic heterocycles. The smallest absolute Gasteiger partial charge is 0.320 e. The number of piperazine rings is 1. The number of hydrogen-bond donors (Lipinski definition) is 0. The summed E-state index contributed by atoms with van der Waals surface area (Å²) in [5.74, 6) is 0.730. The van der Waals surface area contributed by atoms with Gasteiger partial charge in [-0.15, -0.1) is 5.10 Å². The third kappa shape index (κ3) is 4.33. The number of benzene rings is 1. The van der Waals surface area contributed by atoms with E-state index in [1.807, 2.05) is 25.3 Å². The van der Waals surface area contributed by atoms with Crippen molar-refractivity contribution in [3.63, 3.8) is 0 Å². The van der Waals surface area contributed by atoms with Crippen LogP contribution in [0, 0.1) is 6.92 Å². The van der Waals surface area contributed by atoms with E-state index in [2.05, 4.69) is 45.1 Å². The Balaban J connectivity index is 1.65. The van der Waals surface area contributed by atoms with Crippen LogP contribution in [0.3, 0.4) is 0 Å². The second kappa shape index (κ2) is 8.07. The SMILES string of the molecule is CCOC(=O)CN1CCN(c2cc(-c3ccccc3C)cnn2)CC1. The van der Waals surface area contributed by atoms with Gasteiger partial charge in [0.25, 0.3) is 0 Å². The quantitative estimate of drug-likeness (QED) is 0.777. The number of ether oxygens (including phenoxy) is 1. The number of nitrogens with zero attached hydrogens (tertiary/aromatic N) is 4. The van der Waals surface area contributed by atoms with E-state index in [-0.39, 0.29) is 5.97 Å². The number of aryl methyl sites for hydroxylation is 1. The summed E-state index contributed by atoms with van der Waals surface area (Å²) in [5.41, 5.74) is 3.48. The van der Waals surface area contributed by atoms with Crippen LogP contribution in [0.15, 0.2) is 36.5 Å². The molecule has 1 aliphatic rings. The summed E-state index contributed by atoms with van der Waals surface area (Å²) in [5, 5.41) is 8.49. The highest BCUT2D eigenvalue weighted by Gasteiger charge is 2.21. The van der Waals surface area contributed by atoms with Gasteiger partial charge in [0.1, 0.15) is 0 Å². The molecule has 1 fully saturated rings. The highest BCUT2D eigenvalue weighted by atomic mass is 16.5. The third-order valence-corrected chi connectivity index (χ3v) is 4.45. The fraction of sp³-hybridized carbons (Fsp3) is 0.421. The molecule has 0 N–H and O–H groups in total. The van der Waals surface area contributed by atoms with Crippen LogP contribution in [0.5, 0.6) is 0 Å². The zero-order valence-electron chi connectivity index (χ0n) is 14.8. The minimum Gasteiger partial charge on any atom is -0.465 e. The Hall–Kier alpha value is -2.47. The number of carbonyl (C=O) groups is 1. The number of aromatic nitrogens is 2. The molecule has 25 heavy (non-hydrogen) atoms. The van der Waals surface area contributed by atoms with Crippen LogP contribution in [0.1, 0.15) is 12.5 Å². The van der Waals surface area contributed by atoms with Crippen molar-refractivity contribution in [3.05, 3.63) is 42.1 Å². The summed E-state index contributed by atoms with van der Waals surface area (Å²) in [4.78, 5) is 15.9. The zero-order valence-corrected chi connectivity index (χ0v) is 14.8. The normalized spacial score (nSPS) is 15.2. The minimum atomic E-state index is -0.155.